The van der Waals surface area contributed by atoms with Gasteiger partial charge in [0.1, 0.15) is 11.5 Å². The molecule has 0 aliphatic rings. The van der Waals surface area contributed by atoms with E-state index in [1.54, 1.807) is 32.4 Å². The lowest BCUT2D eigenvalue weighted by Crippen LogP contribution is -2.33. The second-order valence-corrected chi connectivity index (χ2v) is 7.21. The van der Waals surface area contributed by atoms with E-state index >= 15 is 0 Å². The van der Waals surface area contributed by atoms with E-state index in [1.807, 2.05) is 0 Å². The maximum Gasteiger partial charge on any atom is 0.238 e. The van der Waals surface area contributed by atoms with Gasteiger partial charge in [-0.1, -0.05) is 51.5 Å². The predicted octanol–water partition coefficient (Wildman–Crippen LogP) is 4.58. The van der Waals surface area contributed by atoms with Crippen molar-refractivity contribution in [1.29, 1.82) is 0 Å². The van der Waals surface area contributed by atoms with Crippen LogP contribution in [0.15, 0.2) is 42.5 Å². The second kappa shape index (κ2) is 10.7. The smallest absolute Gasteiger partial charge is 0.238 e. The Hall–Kier alpha value is -2.53. The number of hydrogen-bond donors (Lipinski definition) is 2. The van der Waals surface area contributed by atoms with Crippen LogP contribution < -0.4 is 20.1 Å². The van der Waals surface area contributed by atoms with Crippen LogP contribution in [0.25, 0.3) is 0 Å². The number of ether oxygens (including phenoxy) is 2. The van der Waals surface area contributed by atoms with Crippen molar-refractivity contribution < 1.29 is 14.3 Å². The van der Waals surface area contributed by atoms with Crippen molar-refractivity contribution in [2.24, 2.45) is 5.92 Å². The van der Waals surface area contributed by atoms with Crippen LogP contribution in [0.4, 0.5) is 5.69 Å². The molecule has 2 rings (SSSR count). The predicted molar refractivity (Wildman–Crippen MR) is 114 cm³/mol. The van der Waals surface area contributed by atoms with Crippen molar-refractivity contribution in [2.45, 2.75) is 39.7 Å². The van der Waals surface area contributed by atoms with Crippen molar-refractivity contribution in [3.8, 4) is 11.5 Å². The zero-order valence-corrected chi connectivity index (χ0v) is 17.5. The summed E-state index contributed by atoms with van der Waals surface area (Å²) in [5.41, 5.74) is 3.14. The molecule has 5 heteroatoms. The molecular formula is C23H32N2O3. The van der Waals surface area contributed by atoms with Gasteiger partial charge in [-0.05, 0) is 35.6 Å². The van der Waals surface area contributed by atoms with Crippen LogP contribution in [0.3, 0.4) is 0 Å². The molecule has 0 saturated heterocycles. The summed E-state index contributed by atoms with van der Waals surface area (Å²) in [7, 11) is 3.17. The van der Waals surface area contributed by atoms with Gasteiger partial charge in [-0.25, -0.2) is 0 Å². The van der Waals surface area contributed by atoms with Crippen LogP contribution in [0.2, 0.25) is 0 Å². The minimum absolute atomic E-state index is 0.105. The van der Waals surface area contributed by atoms with Crippen molar-refractivity contribution >= 4 is 11.6 Å². The van der Waals surface area contributed by atoms with E-state index in [0.717, 1.165) is 12.8 Å². The fourth-order valence-electron chi connectivity index (χ4n) is 3.23. The average molecular weight is 385 g/mol. The number of nitrogens with one attached hydrogen (secondary N) is 2. The van der Waals surface area contributed by atoms with Crippen molar-refractivity contribution in [2.75, 3.05) is 26.1 Å². The van der Waals surface area contributed by atoms with Gasteiger partial charge in [0.05, 0.1) is 26.5 Å². The molecule has 2 N–H and O–H groups in total. The third-order valence-electron chi connectivity index (χ3n) is 4.71. The highest BCUT2D eigenvalue weighted by molar-refractivity contribution is 5.94. The Kier molecular flexibility index (Phi) is 8.33. The van der Waals surface area contributed by atoms with Crippen LogP contribution in [0.1, 0.15) is 44.4 Å². The number of rotatable bonds is 10. The zero-order chi connectivity index (χ0) is 20.5. The van der Waals surface area contributed by atoms with Crippen LogP contribution in [-0.2, 0) is 11.2 Å². The summed E-state index contributed by atoms with van der Waals surface area (Å²) in [6.45, 7) is 6.70. The molecule has 28 heavy (non-hydrogen) atoms. The van der Waals surface area contributed by atoms with E-state index in [9.17, 15) is 4.79 Å². The Bertz CT molecular complexity index is 757. The highest BCUT2D eigenvalue weighted by Crippen LogP contribution is 2.29. The summed E-state index contributed by atoms with van der Waals surface area (Å²) in [6.07, 6.45) is 2.23. The molecule has 0 radical (unpaired) electrons. The molecule has 2 aromatic carbocycles. The largest absolute Gasteiger partial charge is 0.497 e. The normalized spacial score (nSPS) is 11.9. The van der Waals surface area contributed by atoms with Gasteiger partial charge in [-0.2, -0.15) is 0 Å². The summed E-state index contributed by atoms with van der Waals surface area (Å²) in [5, 5.41) is 6.29. The molecule has 0 aromatic heterocycles. The van der Waals surface area contributed by atoms with Crippen molar-refractivity contribution in [1.82, 2.24) is 5.32 Å². The van der Waals surface area contributed by atoms with Gasteiger partial charge in [-0.3, -0.25) is 4.79 Å². The van der Waals surface area contributed by atoms with E-state index in [0.29, 0.717) is 23.1 Å². The second-order valence-electron chi connectivity index (χ2n) is 7.21. The first-order valence-electron chi connectivity index (χ1n) is 9.82. The van der Waals surface area contributed by atoms with E-state index in [-0.39, 0.29) is 18.5 Å². The van der Waals surface area contributed by atoms with Gasteiger partial charge >= 0.3 is 0 Å². The quantitative estimate of drug-likeness (QED) is 0.629. The number of methoxy groups -OCH3 is 2. The summed E-state index contributed by atoms with van der Waals surface area (Å²) < 4.78 is 10.5. The number of carbonyl (C=O) groups is 1. The number of aryl methyl sites for hydroxylation is 1. The van der Waals surface area contributed by atoms with Crippen LogP contribution in [0, 0.1) is 5.92 Å². The average Bonchev–Trinajstić information content (AvgIpc) is 2.69. The Labute approximate surface area is 168 Å². The first-order valence-corrected chi connectivity index (χ1v) is 9.82. The number of carbonyl (C=O) groups excluding carboxylic acids is 1. The lowest BCUT2D eigenvalue weighted by Gasteiger charge is -2.23. The molecule has 5 nitrogen and oxygen atoms in total. The van der Waals surface area contributed by atoms with Gasteiger partial charge in [0.15, 0.2) is 0 Å². The number of anilines is 1. The molecule has 0 bridgehead atoms. The monoisotopic (exact) mass is 384 g/mol. The summed E-state index contributed by atoms with van der Waals surface area (Å²) in [5.74, 6) is 1.49. The zero-order valence-electron chi connectivity index (χ0n) is 17.5. The van der Waals surface area contributed by atoms with Gasteiger partial charge in [0.25, 0.3) is 0 Å². The number of amides is 1. The number of benzene rings is 2. The van der Waals surface area contributed by atoms with Crippen LogP contribution in [-0.4, -0.2) is 26.7 Å². The summed E-state index contributed by atoms with van der Waals surface area (Å²) in [4.78, 5) is 12.5. The van der Waals surface area contributed by atoms with Crippen molar-refractivity contribution in [3.05, 3.63) is 53.6 Å². The fraction of sp³-hybridized carbons (Fsp3) is 0.435. The molecule has 0 aliphatic heterocycles. The molecule has 0 aliphatic carbocycles. The summed E-state index contributed by atoms with van der Waals surface area (Å²) >= 11 is 0. The molecule has 1 atom stereocenters. The minimum atomic E-state index is -0.125. The van der Waals surface area contributed by atoms with Gasteiger partial charge in [-0.15, -0.1) is 0 Å². The minimum Gasteiger partial charge on any atom is -0.497 e. The van der Waals surface area contributed by atoms with E-state index in [4.69, 9.17) is 9.47 Å². The van der Waals surface area contributed by atoms with E-state index in [2.05, 4.69) is 55.7 Å². The van der Waals surface area contributed by atoms with E-state index < -0.39 is 0 Å². The van der Waals surface area contributed by atoms with E-state index in [1.165, 1.54) is 11.1 Å². The molecule has 0 fully saturated rings. The van der Waals surface area contributed by atoms with Crippen LogP contribution >= 0.6 is 0 Å². The standard InChI is InChI=1S/C23H32N2O3/c1-6-7-17-8-10-18(11-9-17)23(16(2)3)24-15-22(26)25-20-14-19(27-4)12-13-21(20)28-5/h8-14,16,23-24H,6-7,15H2,1-5H3,(H,25,26)/t23-/m1/s1. The van der Waals surface area contributed by atoms with Crippen LogP contribution in [0.5, 0.6) is 11.5 Å². The maximum atomic E-state index is 12.5. The van der Waals surface area contributed by atoms with Gasteiger partial charge in [0, 0.05) is 12.1 Å². The highest BCUT2D eigenvalue weighted by atomic mass is 16.5. The SMILES string of the molecule is CCCc1ccc([C@H](NCC(=O)Nc2cc(OC)ccc2OC)C(C)C)cc1. The lowest BCUT2D eigenvalue weighted by atomic mass is 9.94. The molecule has 0 heterocycles. The Balaban J connectivity index is 2.02. The topological polar surface area (TPSA) is 59.6 Å². The number of hydrogen-bond acceptors (Lipinski definition) is 4. The Morgan fingerprint density at radius 3 is 2.32 bits per heavy atom. The van der Waals surface area contributed by atoms with Gasteiger partial charge < -0.3 is 20.1 Å². The third-order valence-corrected chi connectivity index (χ3v) is 4.71. The first-order chi connectivity index (χ1) is 13.5. The highest BCUT2D eigenvalue weighted by Gasteiger charge is 2.17. The van der Waals surface area contributed by atoms with Gasteiger partial charge in [0.2, 0.25) is 5.91 Å². The molecule has 0 unspecified atom stereocenters. The summed E-state index contributed by atoms with van der Waals surface area (Å²) in [6, 6.07) is 14.1. The fourth-order valence-corrected chi connectivity index (χ4v) is 3.23. The molecule has 152 valence electrons. The molecule has 0 saturated carbocycles. The lowest BCUT2D eigenvalue weighted by molar-refractivity contribution is -0.115. The molecular weight excluding hydrogens is 352 g/mol. The maximum absolute atomic E-state index is 12.5. The molecule has 2 aromatic rings. The van der Waals surface area contributed by atoms with Crippen molar-refractivity contribution in [3.63, 3.8) is 0 Å². The first kappa shape index (κ1) is 21.8. The molecule has 0 spiro atoms. The molecule has 1 amide bonds. The third kappa shape index (κ3) is 5.99. The Morgan fingerprint density at radius 2 is 1.75 bits per heavy atom. The Morgan fingerprint density at radius 1 is 1.04 bits per heavy atom.